The van der Waals surface area contributed by atoms with Gasteiger partial charge in [-0.2, -0.15) is 0 Å². The number of halogens is 1. The highest BCUT2D eigenvalue weighted by Gasteiger charge is 2.11. The van der Waals surface area contributed by atoms with Crippen molar-refractivity contribution < 1.29 is 14.3 Å². The second kappa shape index (κ2) is 6.99. The third kappa shape index (κ3) is 3.89. The lowest BCUT2D eigenvalue weighted by Gasteiger charge is -2.10. The Morgan fingerprint density at radius 1 is 1.19 bits per heavy atom. The maximum atomic E-state index is 11.6. The van der Waals surface area contributed by atoms with E-state index >= 15 is 0 Å². The number of hydrogen-bond donors (Lipinski definition) is 1. The van der Waals surface area contributed by atoms with Gasteiger partial charge in [-0.3, -0.25) is 0 Å². The van der Waals surface area contributed by atoms with Crippen molar-refractivity contribution >= 4 is 23.3 Å². The van der Waals surface area contributed by atoms with E-state index in [0.29, 0.717) is 17.1 Å². The lowest BCUT2D eigenvalue weighted by atomic mass is 10.1. The van der Waals surface area contributed by atoms with Gasteiger partial charge in [-0.15, -0.1) is 0 Å². The molecule has 0 unspecified atom stereocenters. The fourth-order valence-electron chi connectivity index (χ4n) is 1.89. The third-order valence-electron chi connectivity index (χ3n) is 3.00. The van der Waals surface area contributed by atoms with Crippen LogP contribution in [-0.2, 0) is 11.3 Å². The molecule has 2 rings (SSSR count). The molecule has 0 saturated heterocycles. The molecule has 5 heteroatoms. The van der Waals surface area contributed by atoms with E-state index in [2.05, 4.69) is 5.32 Å². The number of rotatable bonds is 5. The molecule has 0 fully saturated rings. The van der Waals surface area contributed by atoms with E-state index in [1.807, 2.05) is 30.3 Å². The van der Waals surface area contributed by atoms with Crippen LogP contribution in [0.3, 0.4) is 0 Å². The summed E-state index contributed by atoms with van der Waals surface area (Å²) < 4.78 is 9.88. The first-order valence-electron chi connectivity index (χ1n) is 6.38. The van der Waals surface area contributed by atoms with Crippen LogP contribution in [0.15, 0.2) is 42.5 Å². The molecule has 1 N–H and O–H groups in total. The van der Waals surface area contributed by atoms with Crippen molar-refractivity contribution in [1.29, 1.82) is 0 Å². The van der Waals surface area contributed by atoms with Crippen LogP contribution >= 0.6 is 11.6 Å². The molecule has 0 spiro atoms. The largest absolute Gasteiger partial charge is 0.497 e. The molecule has 0 heterocycles. The van der Waals surface area contributed by atoms with Gasteiger partial charge in [-0.05, 0) is 35.9 Å². The summed E-state index contributed by atoms with van der Waals surface area (Å²) >= 11 is 5.98. The second-order valence-corrected chi connectivity index (χ2v) is 4.80. The first-order chi connectivity index (χ1) is 10.1. The maximum Gasteiger partial charge on any atom is 0.339 e. The Bertz CT molecular complexity index is 643. The highest BCUT2D eigenvalue weighted by molar-refractivity contribution is 6.33. The molecule has 0 aliphatic carbocycles. The number of benzene rings is 2. The molecule has 0 bridgehead atoms. The van der Waals surface area contributed by atoms with Crippen LogP contribution in [0.2, 0.25) is 5.02 Å². The molecule has 0 amide bonds. The van der Waals surface area contributed by atoms with Crippen molar-refractivity contribution in [3.8, 4) is 5.75 Å². The van der Waals surface area contributed by atoms with Crippen LogP contribution in [0.5, 0.6) is 5.75 Å². The van der Waals surface area contributed by atoms with E-state index in [4.69, 9.17) is 21.1 Å². The summed E-state index contributed by atoms with van der Waals surface area (Å²) in [4.78, 5) is 11.6. The van der Waals surface area contributed by atoms with Crippen molar-refractivity contribution in [3.05, 3.63) is 58.6 Å². The molecular formula is C16H16ClNO3. The highest BCUT2D eigenvalue weighted by atomic mass is 35.5. The van der Waals surface area contributed by atoms with Gasteiger partial charge in [0.05, 0.1) is 24.8 Å². The number of anilines is 1. The van der Waals surface area contributed by atoms with Crippen LogP contribution in [0.25, 0.3) is 0 Å². The summed E-state index contributed by atoms with van der Waals surface area (Å²) in [5.74, 6) is 0.352. The Hall–Kier alpha value is -2.20. The first-order valence-corrected chi connectivity index (χ1v) is 6.76. The minimum atomic E-state index is -0.454. The predicted octanol–water partition coefficient (Wildman–Crippen LogP) is 3.75. The molecule has 2 aromatic rings. The molecule has 4 nitrogen and oxygen atoms in total. The molecule has 110 valence electrons. The average Bonchev–Trinajstić information content (AvgIpc) is 2.53. The first kappa shape index (κ1) is 15.2. The zero-order chi connectivity index (χ0) is 15.2. The van der Waals surface area contributed by atoms with Crippen LogP contribution in [0.4, 0.5) is 5.69 Å². The summed E-state index contributed by atoms with van der Waals surface area (Å²) in [6.45, 7) is 0.611. The van der Waals surface area contributed by atoms with Crippen molar-refractivity contribution in [1.82, 2.24) is 0 Å². The standard InChI is InChI=1S/C16H16ClNO3/c1-20-13-5-3-4-11(8-13)10-18-12-6-7-15(17)14(9-12)16(19)21-2/h3-9,18H,10H2,1-2H3. The van der Waals surface area contributed by atoms with Crippen molar-refractivity contribution in [2.45, 2.75) is 6.54 Å². The fourth-order valence-corrected chi connectivity index (χ4v) is 2.08. The number of carbonyl (C=O) groups is 1. The van der Waals surface area contributed by atoms with Gasteiger partial charge in [0.15, 0.2) is 0 Å². The SMILES string of the molecule is COC(=O)c1cc(NCc2cccc(OC)c2)ccc1Cl. The Morgan fingerprint density at radius 2 is 2.00 bits per heavy atom. The minimum Gasteiger partial charge on any atom is -0.497 e. The summed E-state index contributed by atoms with van der Waals surface area (Å²) in [6.07, 6.45) is 0. The molecule has 0 radical (unpaired) electrons. The number of hydrogen-bond acceptors (Lipinski definition) is 4. The van der Waals surface area contributed by atoms with Crippen LogP contribution in [-0.4, -0.2) is 20.2 Å². The maximum absolute atomic E-state index is 11.6. The average molecular weight is 306 g/mol. The molecule has 21 heavy (non-hydrogen) atoms. The van der Waals surface area contributed by atoms with E-state index in [-0.39, 0.29) is 0 Å². The lowest BCUT2D eigenvalue weighted by molar-refractivity contribution is 0.0601. The van der Waals surface area contributed by atoms with Crippen LogP contribution < -0.4 is 10.1 Å². The van der Waals surface area contributed by atoms with E-state index in [1.54, 1.807) is 19.2 Å². The Morgan fingerprint density at radius 3 is 2.71 bits per heavy atom. The Labute approximate surface area is 128 Å². The Balaban J connectivity index is 2.11. The van der Waals surface area contributed by atoms with Gasteiger partial charge >= 0.3 is 5.97 Å². The lowest BCUT2D eigenvalue weighted by Crippen LogP contribution is -2.05. The van der Waals surface area contributed by atoms with E-state index in [0.717, 1.165) is 17.0 Å². The molecule has 0 aliphatic heterocycles. The predicted molar refractivity (Wildman–Crippen MR) is 83.1 cm³/mol. The summed E-state index contributed by atoms with van der Waals surface area (Å²) in [7, 11) is 2.96. The molecular weight excluding hydrogens is 290 g/mol. The van der Waals surface area contributed by atoms with Gasteiger partial charge < -0.3 is 14.8 Å². The van der Waals surface area contributed by atoms with Gasteiger partial charge in [-0.25, -0.2) is 4.79 Å². The van der Waals surface area contributed by atoms with Crippen molar-refractivity contribution in [3.63, 3.8) is 0 Å². The van der Waals surface area contributed by atoms with Gasteiger partial charge in [0.25, 0.3) is 0 Å². The monoisotopic (exact) mass is 305 g/mol. The van der Waals surface area contributed by atoms with Gasteiger partial charge in [0.2, 0.25) is 0 Å². The van der Waals surface area contributed by atoms with E-state index < -0.39 is 5.97 Å². The van der Waals surface area contributed by atoms with E-state index in [1.165, 1.54) is 7.11 Å². The molecule has 0 aromatic heterocycles. The topological polar surface area (TPSA) is 47.6 Å². The number of carbonyl (C=O) groups excluding carboxylic acids is 1. The van der Waals surface area contributed by atoms with Gasteiger partial charge in [0, 0.05) is 12.2 Å². The Kier molecular flexibility index (Phi) is 5.06. The minimum absolute atomic E-state index is 0.342. The summed E-state index contributed by atoms with van der Waals surface area (Å²) in [5.41, 5.74) is 2.21. The molecule has 0 saturated carbocycles. The number of ether oxygens (including phenoxy) is 2. The number of esters is 1. The fraction of sp³-hybridized carbons (Fsp3) is 0.188. The number of nitrogens with one attached hydrogen (secondary N) is 1. The number of methoxy groups -OCH3 is 2. The zero-order valence-electron chi connectivity index (χ0n) is 11.9. The van der Waals surface area contributed by atoms with Crippen molar-refractivity contribution in [2.24, 2.45) is 0 Å². The quantitative estimate of drug-likeness (QED) is 0.855. The highest BCUT2D eigenvalue weighted by Crippen LogP contribution is 2.22. The third-order valence-corrected chi connectivity index (χ3v) is 3.33. The van der Waals surface area contributed by atoms with Gasteiger partial charge in [-0.1, -0.05) is 23.7 Å². The smallest absolute Gasteiger partial charge is 0.339 e. The molecule has 0 aliphatic rings. The summed E-state index contributed by atoms with van der Waals surface area (Å²) in [6, 6.07) is 12.9. The van der Waals surface area contributed by atoms with Crippen LogP contribution in [0.1, 0.15) is 15.9 Å². The summed E-state index contributed by atoms with van der Waals surface area (Å²) in [5, 5.41) is 3.61. The van der Waals surface area contributed by atoms with E-state index in [9.17, 15) is 4.79 Å². The van der Waals surface area contributed by atoms with Crippen molar-refractivity contribution in [2.75, 3.05) is 19.5 Å². The zero-order valence-corrected chi connectivity index (χ0v) is 12.6. The van der Waals surface area contributed by atoms with Gasteiger partial charge in [0.1, 0.15) is 5.75 Å². The van der Waals surface area contributed by atoms with Crippen LogP contribution in [0, 0.1) is 0 Å². The molecule has 0 atom stereocenters. The molecule has 2 aromatic carbocycles. The second-order valence-electron chi connectivity index (χ2n) is 4.39. The normalized spacial score (nSPS) is 10.0.